The summed E-state index contributed by atoms with van der Waals surface area (Å²) >= 11 is 6.09. The minimum absolute atomic E-state index is 0.0968. The maximum atomic E-state index is 11.9. The topological polar surface area (TPSA) is 67.4 Å². The van der Waals surface area contributed by atoms with Crippen molar-refractivity contribution >= 4 is 29.3 Å². The number of rotatable bonds is 4. The largest absolute Gasteiger partial charge is 0.458 e. The second-order valence-electron chi connectivity index (χ2n) is 4.97. The van der Waals surface area contributed by atoms with Gasteiger partial charge in [0.1, 0.15) is 12.3 Å². The highest BCUT2D eigenvalue weighted by Crippen LogP contribution is 2.19. The Morgan fingerprint density at radius 1 is 1.33 bits per heavy atom. The second-order valence-corrected chi connectivity index (χ2v) is 5.33. The zero-order chi connectivity index (χ0) is 16.9. The summed E-state index contributed by atoms with van der Waals surface area (Å²) in [5, 5.41) is 9.16. The van der Waals surface area contributed by atoms with Gasteiger partial charge < -0.3 is 4.74 Å². The highest BCUT2D eigenvalue weighted by Gasteiger charge is 2.07. The molecule has 0 spiro atoms. The lowest BCUT2D eigenvalue weighted by molar-refractivity contribution is -0.138. The third kappa shape index (κ3) is 3.45. The van der Waals surface area contributed by atoms with E-state index in [4.69, 9.17) is 21.6 Å². The van der Waals surface area contributed by atoms with Crippen LogP contribution in [0.3, 0.4) is 0 Å². The average molecular weight is 338 g/mol. The van der Waals surface area contributed by atoms with Gasteiger partial charge in [-0.05, 0) is 35.9 Å². The van der Waals surface area contributed by atoms with Crippen molar-refractivity contribution in [2.75, 3.05) is 0 Å². The fourth-order valence-electron chi connectivity index (χ4n) is 2.22. The Hall–Kier alpha value is -3.10. The number of esters is 1. The second kappa shape index (κ2) is 6.99. The van der Waals surface area contributed by atoms with E-state index in [-0.39, 0.29) is 6.61 Å². The van der Waals surface area contributed by atoms with Crippen molar-refractivity contribution in [3.8, 4) is 6.07 Å². The molecule has 2 aromatic heterocycles. The van der Waals surface area contributed by atoms with Crippen LogP contribution in [-0.2, 0) is 16.1 Å². The normalized spacial score (nSPS) is 10.8. The van der Waals surface area contributed by atoms with Crippen molar-refractivity contribution < 1.29 is 9.53 Å². The Kier molecular flexibility index (Phi) is 4.59. The molecule has 1 aromatic carbocycles. The van der Waals surface area contributed by atoms with Crippen LogP contribution in [0.25, 0.3) is 11.7 Å². The molecule has 0 aliphatic heterocycles. The number of carbonyl (C=O) groups excluding carboxylic acids is 1. The van der Waals surface area contributed by atoms with E-state index in [1.165, 1.54) is 6.08 Å². The van der Waals surface area contributed by atoms with Gasteiger partial charge in [-0.25, -0.2) is 9.78 Å². The lowest BCUT2D eigenvalue weighted by atomic mass is 10.1. The summed E-state index contributed by atoms with van der Waals surface area (Å²) in [6.45, 7) is 0.0968. The van der Waals surface area contributed by atoms with Gasteiger partial charge in [-0.3, -0.25) is 4.40 Å². The van der Waals surface area contributed by atoms with E-state index in [1.54, 1.807) is 34.7 Å². The van der Waals surface area contributed by atoms with Crippen LogP contribution in [-0.4, -0.2) is 15.4 Å². The zero-order valence-electron chi connectivity index (χ0n) is 12.5. The quantitative estimate of drug-likeness (QED) is 0.538. The van der Waals surface area contributed by atoms with E-state index in [9.17, 15) is 4.79 Å². The maximum absolute atomic E-state index is 11.9. The molecule has 6 heteroatoms. The summed E-state index contributed by atoms with van der Waals surface area (Å²) in [6.07, 6.45) is 4.68. The number of carbonyl (C=O) groups is 1. The summed E-state index contributed by atoms with van der Waals surface area (Å²) in [5.74, 6) is -0.501. The van der Waals surface area contributed by atoms with Crippen LogP contribution in [0.4, 0.5) is 0 Å². The standard InChI is InChI=1S/C18H12ClN3O2/c19-18-15(22-9-2-1-6-16(22)21-18)7-8-17(23)24-12-14-5-3-4-13(10-14)11-20/h1-10H,12H2/b8-7+. The van der Waals surface area contributed by atoms with Crippen LogP contribution in [0.5, 0.6) is 0 Å². The van der Waals surface area contributed by atoms with Crippen molar-refractivity contribution in [2.45, 2.75) is 6.61 Å². The van der Waals surface area contributed by atoms with Crippen molar-refractivity contribution in [2.24, 2.45) is 0 Å². The minimum Gasteiger partial charge on any atom is -0.458 e. The molecule has 5 nitrogen and oxygen atoms in total. The third-order valence-electron chi connectivity index (χ3n) is 3.34. The predicted octanol–water partition coefficient (Wildman–Crippen LogP) is 3.62. The van der Waals surface area contributed by atoms with Crippen LogP contribution in [0.1, 0.15) is 16.8 Å². The number of benzene rings is 1. The summed E-state index contributed by atoms with van der Waals surface area (Å²) in [7, 11) is 0. The van der Waals surface area contributed by atoms with E-state index >= 15 is 0 Å². The first kappa shape index (κ1) is 15.8. The summed E-state index contributed by atoms with van der Waals surface area (Å²) < 4.78 is 6.95. The summed E-state index contributed by atoms with van der Waals surface area (Å²) in [5.41, 5.74) is 2.58. The fraction of sp³-hybridized carbons (Fsp3) is 0.0556. The van der Waals surface area contributed by atoms with Gasteiger partial charge in [-0.15, -0.1) is 0 Å². The van der Waals surface area contributed by atoms with Crippen molar-refractivity contribution in [3.05, 3.63) is 76.7 Å². The first-order valence-corrected chi connectivity index (χ1v) is 7.51. The number of halogens is 1. The highest BCUT2D eigenvalue weighted by molar-refractivity contribution is 6.31. The molecule has 0 fully saturated rings. The van der Waals surface area contributed by atoms with Gasteiger partial charge in [0.05, 0.1) is 17.3 Å². The van der Waals surface area contributed by atoms with Crippen LogP contribution >= 0.6 is 11.6 Å². The number of hydrogen-bond donors (Lipinski definition) is 0. The van der Waals surface area contributed by atoms with E-state index in [2.05, 4.69) is 4.98 Å². The number of ether oxygens (including phenoxy) is 1. The predicted molar refractivity (Wildman–Crippen MR) is 90.2 cm³/mol. The van der Waals surface area contributed by atoms with Crippen molar-refractivity contribution in [1.29, 1.82) is 5.26 Å². The molecule has 0 aliphatic rings. The Bertz CT molecular complexity index is 970. The van der Waals surface area contributed by atoms with Gasteiger partial charge in [0.2, 0.25) is 0 Å². The van der Waals surface area contributed by atoms with Gasteiger partial charge in [-0.1, -0.05) is 29.8 Å². The molecule has 3 rings (SSSR count). The van der Waals surface area contributed by atoms with Gasteiger partial charge in [0, 0.05) is 12.3 Å². The highest BCUT2D eigenvalue weighted by atomic mass is 35.5. The number of nitrogens with zero attached hydrogens (tertiary/aromatic N) is 3. The molecule has 0 radical (unpaired) electrons. The first-order chi connectivity index (χ1) is 11.7. The molecule has 0 amide bonds. The van der Waals surface area contributed by atoms with Gasteiger partial charge in [0.25, 0.3) is 0 Å². The molecular formula is C18H12ClN3O2. The fourth-order valence-corrected chi connectivity index (χ4v) is 2.46. The Morgan fingerprint density at radius 3 is 3.04 bits per heavy atom. The number of fused-ring (bicyclic) bond motifs is 1. The Balaban J connectivity index is 1.69. The van der Waals surface area contributed by atoms with Crippen molar-refractivity contribution in [1.82, 2.24) is 9.38 Å². The molecule has 24 heavy (non-hydrogen) atoms. The lowest BCUT2D eigenvalue weighted by Crippen LogP contribution is -2.01. The molecule has 3 aromatic rings. The van der Waals surface area contributed by atoms with Crippen LogP contribution < -0.4 is 0 Å². The van der Waals surface area contributed by atoms with Crippen LogP contribution in [0, 0.1) is 11.3 Å². The first-order valence-electron chi connectivity index (χ1n) is 7.14. The molecule has 0 saturated heterocycles. The molecular weight excluding hydrogens is 326 g/mol. The zero-order valence-corrected chi connectivity index (χ0v) is 13.3. The number of imidazole rings is 1. The third-order valence-corrected chi connectivity index (χ3v) is 3.61. The smallest absolute Gasteiger partial charge is 0.331 e. The summed E-state index contributed by atoms with van der Waals surface area (Å²) in [6, 6.07) is 14.5. The van der Waals surface area contributed by atoms with E-state index < -0.39 is 5.97 Å². The minimum atomic E-state index is -0.501. The molecule has 0 aliphatic carbocycles. The van der Waals surface area contributed by atoms with Crippen molar-refractivity contribution in [3.63, 3.8) is 0 Å². The van der Waals surface area contributed by atoms with E-state index in [0.29, 0.717) is 22.1 Å². The lowest BCUT2D eigenvalue weighted by Gasteiger charge is -2.02. The maximum Gasteiger partial charge on any atom is 0.331 e. The van der Waals surface area contributed by atoms with Gasteiger partial charge in [-0.2, -0.15) is 5.26 Å². The SMILES string of the molecule is N#Cc1cccc(COC(=O)/C=C/c2c(Cl)nc3ccccn23)c1. The van der Waals surface area contributed by atoms with Gasteiger partial charge >= 0.3 is 5.97 Å². The average Bonchev–Trinajstić information content (AvgIpc) is 2.93. The number of nitriles is 1. The van der Waals surface area contributed by atoms with Crippen LogP contribution in [0.2, 0.25) is 5.15 Å². The molecule has 0 saturated carbocycles. The summed E-state index contributed by atoms with van der Waals surface area (Å²) in [4.78, 5) is 16.1. The Labute approximate surface area is 143 Å². The molecule has 0 bridgehead atoms. The molecule has 0 atom stereocenters. The van der Waals surface area contributed by atoms with Crippen LogP contribution in [0.15, 0.2) is 54.7 Å². The molecule has 2 heterocycles. The monoisotopic (exact) mass is 337 g/mol. The molecule has 0 N–H and O–H groups in total. The van der Waals surface area contributed by atoms with E-state index in [0.717, 1.165) is 5.56 Å². The Morgan fingerprint density at radius 2 is 2.21 bits per heavy atom. The van der Waals surface area contributed by atoms with E-state index in [1.807, 2.05) is 30.5 Å². The number of pyridine rings is 1. The molecule has 118 valence electrons. The molecule has 0 unspecified atom stereocenters. The number of hydrogen-bond acceptors (Lipinski definition) is 4. The number of aromatic nitrogens is 2. The van der Waals surface area contributed by atoms with Gasteiger partial charge in [0.15, 0.2) is 5.15 Å².